The first kappa shape index (κ1) is 15.1. The molecule has 2 amide bonds. The van der Waals surface area contributed by atoms with Crippen molar-refractivity contribution < 1.29 is 14.7 Å². The third-order valence-electron chi connectivity index (χ3n) is 3.27. The molecule has 6 heteroatoms. The second kappa shape index (κ2) is 6.27. The summed E-state index contributed by atoms with van der Waals surface area (Å²) in [7, 11) is 0. The molecule has 0 aromatic carbocycles. The van der Waals surface area contributed by atoms with Crippen molar-refractivity contribution in [3.05, 3.63) is 0 Å². The largest absolute Gasteiger partial charge is 0.465 e. The number of amides is 2. The molecule has 0 radical (unpaired) electrons. The van der Waals surface area contributed by atoms with Crippen LogP contribution >= 0.6 is 11.6 Å². The molecule has 0 bridgehead atoms. The summed E-state index contributed by atoms with van der Waals surface area (Å²) < 4.78 is 0. The van der Waals surface area contributed by atoms with Crippen LogP contribution in [0.5, 0.6) is 0 Å². The van der Waals surface area contributed by atoms with Crippen molar-refractivity contribution in [2.45, 2.75) is 39.2 Å². The number of carbonyl (C=O) groups is 2. The fourth-order valence-electron chi connectivity index (χ4n) is 2.03. The van der Waals surface area contributed by atoms with E-state index in [1.54, 1.807) is 4.90 Å². The van der Waals surface area contributed by atoms with Crippen molar-refractivity contribution in [1.29, 1.82) is 0 Å². The molecular formula is C12H21ClN2O3. The van der Waals surface area contributed by atoms with Gasteiger partial charge in [0, 0.05) is 19.1 Å². The number of hydrogen-bond acceptors (Lipinski definition) is 2. The second-order valence-electron chi connectivity index (χ2n) is 5.56. The molecule has 0 aromatic heterocycles. The Bertz CT molecular complexity index is 316. The quantitative estimate of drug-likeness (QED) is 0.728. The van der Waals surface area contributed by atoms with Crippen LogP contribution in [0.3, 0.4) is 0 Å². The van der Waals surface area contributed by atoms with E-state index in [-0.39, 0.29) is 23.2 Å². The number of rotatable bonds is 6. The summed E-state index contributed by atoms with van der Waals surface area (Å²) in [5, 5.41) is 11.0. The van der Waals surface area contributed by atoms with E-state index >= 15 is 0 Å². The average molecular weight is 277 g/mol. The molecule has 1 fully saturated rings. The van der Waals surface area contributed by atoms with Crippen molar-refractivity contribution >= 4 is 23.6 Å². The first-order chi connectivity index (χ1) is 8.35. The summed E-state index contributed by atoms with van der Waals surface area (Å²) in [6.45, 7) is 4.73. The smallest absolute Gasteiger partial charge is 0.404 e. The van der Waals surface area contributed by atoms with Gasteiger partial charge in [-0.05, 0) is 24.7 Å². The van der Waals surface area contributed by atoms with E-state index in [0.29, 0.717) is 13.1 Å². The van der Waals surface area contributed by atoms with Crippen LogP contribution in [0.1, 0.15) is 33.1 Å². The predicted octanol–water partition coefficient (Wildman–Crippen LogP) is 1.90. The Morgan fingerprint density at radius 1 is 1.44 bits per heavy atom. The third kappa shape index (κ3) is 4.37. The number of hydrogen-bond donors (Lipinski definition) is 2. The number of halogens is 1. The maximum Gasteiger partial charge on any atom is 0.404 e. The van der Waals surface area contributed by atoms with Gasteiger partial charge in [-0.2, -0.15) is 0 Å². The van der Waals surface area contributed by atoms with Gasteiger partial charge in [0.1, 0.15) is 5.88 Å². The summed E-state index contributed by atoms with van der Waals surface area (Å²) in [5.74, 6) is -0.0800. The Morgan fingerprint density at radius 3 is 2.44 bits per heavy atom. The number of nitrogens with zero attached hydrogens (tertiary/aromatic N) is 1. The minimum Gasteiger partial charge on any atom is -0.465 e. The molecule has 104 valence electrons. The minimum absolute atomic E-state index is 0.0149. The van der Waals surface area contributed by atoms with Crippen molar-refractivity contribution in [3.8, 4) is 0 Å². The Balaban J connectivity index is 2.57. The summed E-state index contributed by atoms with van der Waals surface area (Å²) in [6, 6.07) is 0.278. The van der Waals surface area contributed by atoms with Gasteiger partial charge in [-0.15, -0.1) is 11.6 Å². The molecular weight excluding hydrogens is 256 g/mol. The van der Waals surface area contributed by atoms with Crippen LogP contribution < -0.4 is 5.32 Å². The molecule has 1 saturated carbocycles. The lowest BCUT2D eigenvalue weighted by Crippen LogP contribution is -2.51. The maximum absolute atomic E-state index is 11.8. The molecule has 1 rings (SSSR count). The zero-order valence-electron chi connectivity index (χ0n) is 10.9. The van der Waals surface area contributed by atoms with Gasteiger partial charge in [0.05, 0.1) is 0 Å². The summed E-state index contributed by atoms with van der Waals surface area (Å²) in [6.07, 6.45) is 2.14. The van der Waals surface area contributed by atoms with E-state index in [1.165, 1.54) is 0 Å². The summed E-state index contributed by atoms with van der Waals surface area (Å²) >= 11 is 5.63. The van der Waals surface area contributed by atoms with Gasteiger partial charge in [-0.3, -0.25) is 4.79 Å². The summed E-state index contributed by atoms with van der Waals surface area (Å²) in [5.41, 5.74) is -0.296. The van der Waals surface area contributed by atoms with Gasteiger partial charge >= 0.3 is 6.09 Å². The van der Waals surface area contributed by atoms with Crippen LogP contribution in [0.25, 0.3) is 0 Å². The van der Waals surface area contributed by atoms with E-state index in [2.05, 4.69) is 5.32 Å². The highest BCUT2D eigenvalue weighted by atomic mass is 35.5. The van der Waals surface area contributed by atoms with Gasteiger partial charge in [0.15, 0.2) is 0 Å². The zero-order valence-corrected chi connectivity index (χ0v) is 11.7. The molecule has 0 aliphatic heterocycles. The number of alkyl halides is 1. The van der Waals surface area contributed by atoms with E-state index in [9.17, 15) is 9.59 Å². The van der Waals surface area contributed by atoms with Crippen LogP contribution in [0.15, 0.2) is 0 Å². The van der Waals surface area contributed by atoms with Gasteiger partial charge in [-0.1, -0.05) is 13.8 Å². The molecule has 0 aromatic rings. The van der Waals surface area contributed by atoms with Crippen molar-refractivity contribution in [2.24, 2.45) is 5.41 Å². The van der Waals surface area contributed by atoms with E-state index in [1.807, 2.05) is 13.8 Å². The topological polar surface area (TPSA) is 69.6 Å². The molecule has 0 spiro atoms. The van der Waals surface area contributed by atoms with E-state index in [4.69, 9.17) is 16.7 Å². The predicted molar refractivity (Wildman–Crippen MR) is 69.9 cm³/mol. The Labute approximate surface area is 112 Å². The monoisotopic (exact) mass is 276 g/mol. The molecule has 0 atom stereocenters. The molecule has 0 unspecified atom stereocenters. The normalized spacial score (nSPS) is 15.9. The zero-order chi connectivity index (χ0) is 13.8. The highest BCUT2D eigenvalue weighted by Gasteiger charge is 2.32. The standard InChI is InChI=1S/C12H21ClN2O3/c1-12(2,7-14-11(17)18)8-15(10(16)6-13)9-4-3-5-9/h9,14H,3-8H2,1-2H3,(H,17,18). The van der Waals surface area contributed by atoms with Crippen LogP contribution in [-0.2, 0) is 4.79 Å². The van der Waals surface area contributed by atoms with Gasteiger partial charge in [-0.25, -0.2) is 4.79 Å². The third-order valence-corrected chi connectivity index (χ3v) is 3.50. The molecule has 0 heterocycles. The molecule has 1 aliphatic rings. The lowest BCUT2D eigenvalue weighted by atomic mass is 9.87. The first-order valence-corrected chi connectivity index (χ1v) is 6.71. The van der Waals surface area contributed by atoms with Gasteiger partial charge in [0.2, 0.25) is 5.91 Å². The number of carbonyl (C=O) groups excluding carboxylic acids is 1. The van der Waals surface area contributed by atoms with Crippen LogP contribution in [0.4, 0.5) is 4.79 Å². The minimum atomic E-state index is -1.04. The first-order valence-electron chi connectivity index (χ1n) is 6.18. The Kier molecular flexibility index (Phi) is 5.26. The van der Waals surface area contributed by atoms with Gasteiger partial charge < -0.3 is 15.3 Å². The maximum atomic E-state index is 11.8. The lowest BCUT2D eigenvalue weighted by molar-refractivity contribution is -0.134. The average Bonchev–Trinajstić information content (AvgIpc) is 2.22. The molecule has 0 saturated heterocycles. The molecule has 18 heavy (non-hydrogen) atoms. The van der Waals surface area contributed by atoms with Crippen molar-refractivity contribution in [3.63, 3.8) is 0 Å². The SMILES string of the molecule is CC(C)(CNC(=O)O)CN(C(=O)CCl)C1CCC1. The number of carboxylic acid groups (broad SMARTS) is 1. The Morgan fingerprint density at radius 2 is 2.06 bits per heavy atom. The van der Waals surface area contributed by atoms with Crippen LogP contribution in [0, 0.1) is 5.41 Å². The fraction of sp³-hybridized carbons (Fsp3) is 0.833. The van der Waals surface area contributed by atoms with Crippen molar-refractivity contribution in [2.75, 3.05) is 19.0 Å². The highest BCUT2D eigenvalue weighted by molar-refractivity contribution is 6.27. The number of nitrogens with one attached hydrogen (secondary N) is 1. The van der Waals surface area contributed by atoms with Gasteiger partial charge in [0.25, 0.3) is 0 Å². The molecule has 5 nitrogen and oxygen atoms in total. The van der Waals surface area contributed by atoms with E-state index in [0.717, 1.165) is 19.3 Å². The van der Waals surface area contributed by atoms with E-state index < -0.39 is 6.09 Å². The van der Waals surface area contributed by atoms with Crippen LogP contribution in [-0.4, -0.2) is 47.0 Å². The lowest BCUT2D eigenvalue weighted by Gasteiger charge is -2.41. The Hall–Kier alpha value is -0.970. The fourth-order valence-corrected chi connectivity index (χ4v) is 2.18. The van der Waals surface area contributed by atoms with Crippen LogP contribution in [0.2, 0.25) is 0 Å². The van der Waals surface area contributed by atoms with Crippen molar-refractivity contribution in [1.82, 2.24) is 10.2 Å². The summed E-state index contributed by atoms with van der Waals surface area (Å²) in [4.78, 5) is 24.1. The molecule has 1 aliphatic carbocycles. The molecule has 2 N–H and O–H groups in total. The second-order valence-corrected chi connectivity index (χ2v) is 5.83. The highest BCUT2D eigenvalue weighted by Crippen LogP contribution is 2.28.